The molecule has 3 heteroatoms. The molecule has 0 bridgehead atoms. The van der Waals surface area contributed by atoms with Crippen LogP contribution in [0.5, 0.6) is 0 Å². The molecule has 1 aromatic carbocycles. The Labute approximate surface area is 101 Å². The Morgan fingerprint density at radius 1 is 1.47 bits per heavy atom. The van der Waals surface area contributed by atoms with Crippen molar-refractivity contribution in [2.24, 2.45) is 0 Å². The van der Waals surface area contributed by atoms with Crippen molar-refractivity contribution in [3.05, 3.63) is 48.6 Å². The summed E-state index contributed by atoms with van der Waals surface area (Å²) in [5.41, 5.74) is 0.694. The van der Waals surface area contributed by atoms with E-state index in [1.54, 1.807) is 0 Å². The molecule has 0 radical (unpaired) electrons. The number of carbonyl (C=O) groups excluding carboxylic acids is 1. The molecule has 0 saturated carbocycles. The van der Waals surface area contributed by atoms with E-state index in [4.69, 9.17) is 4.74 Å². The normalized spacial score (nSPS) is 23.3. The highest BCUT2D eigenvalue weighted by atomic mass is 16.5. The molecular weight excluding hydrogens is 214 g/mol. The molecule has 0 unspecified atom stereocenters. The standard InChI is InChI=1S/C14H17NO2/c1-2-6-13-9-12(10-17-13)15-14(16)11-7-4-3-5-8-11/h2-5,7-8,12-13H,1,6,9-10H2,(H,15,16)/t12-,13+/m0/s1. The highest BCUT2D eigenvalue weighted by molar-refractivity contribution is 5.94. The third kappa shape index (κ3) is 3.17. The molecule has 0 spiro atoms. The summed E-state index contributed by atoms with van der Waals surface area (Å²) in [4.78, 5) is 11.9. The number of hydrogen-bond acceptors (Lipinski definition) is 2. The van der Waals surface area contributed by atoms with Gasteiger partial charge in [-0.1, -0.05) is 24.3 Å². The molecule has 1 N–H and O–H groups in total. The summed E-state index contributed by atoms with van der Waals surface area (Å²) in [6.07, 6.45) is 3.77. The molecule has 2 atom stereocenters. The second-order valence-corrected chi connectivity index (χ2v) is 4.25. The number of amides is 1. The first-order chi connectivity index (χ1) is 8.29. The maximum absolute atomic E-state index is 11.9. The fourth-order valence-corrected chi connectivity index (χ4v) is 2.01. The molecule has 17 heavy (non-hydrogen) atoms. The van der Waals surface area contributed by atoms with Crippen molar-refractivity contribution in [2.45, 2.75) is 25.0 Å². The van der Waals surface area contributed by atoms with Gasteiger partial charge in [0.25, 0.3) is 5.91 Å². The highest BCUT2D eigenvalue weighted by Crippen LogP contribution is 2.17. The molecule has 1 saturated heterocycles. The average Bonchev–Trinajstić information content (AvgIpc) is 2.78. The van der Waals surface area contributed by atoms with Crippen molar-refractivity contribution >= 4 is 5.91 Å². The van der Waals surface area contributed by atoms with Crippen LogP contribution in [-0.4, -0.2) is 24.7 Å². The first kappa shape index (κ1) is 11.9. The molecule has 90 valence electrons. The van der Waals surface area contributed by atoms with Gasteiger partial charge in [-0.2, -0.15) is 0 Å². The predicted octanol–water partition coefficient (Wildman–Crippen LogP) is 2.15. The second kappa shape index (κ2) is 5.64. The Balaban J connectivity index is 1.86. The van der Waals surface area contributed by atoms with E-state index in [-0.39, 0.29) is 18.1 Å². The number of nitrogens with one attached hydrogen (secondary N) is 1. The fraction of sp³-hybridized carbons (Fsp3) is 0.357. The zero-order valence-corrected chi connectivity index (χ0v) is 9.76. The van der Waals surface area contributed by atoms with Crippen LogP contribution in [-0.2, 0) is 4.74 Å². The predicted molar refractivity (Wildman–Crippen MR) is 66.9 cm³/mol. The molecule has 0 aliphatic carbocycles. The molecule has 1 aliphatic heterocycles. The van der Waals surface area contributed by atoms with Gasteiger partial charge in [-0.05, 0) is 25.0 Å². The van der Waals surface area contributed by atoms with E-state index < -0.39 is 0 Å². The van der Waals surface area contributed by atoms with Crippen LogP contribution in [0, 0.1) is 0 Å². The number of benzene rings is 1. The van der Waals surface area contributed by atoms with Crippen molar-refractivity contribution in [3.63, 3.8) is 0 Å². The monoisotopic (exact) mass is 231 g/mol. The lowest BCUT2D eigenvalue weighted by atomic mass is 10.1. The summed E-state index contributed by atoms with van der Waals surface area (Å²) in [5.74, 6) is -0.0292. The number of ether oxygens (including phenoxy) is 1. The van der Waals surface area contributed by atoms with Crippen LogP contribution < -0.4 is 5.32 Å². The van der Waals surface area contributed by atoms with Gasteiger partial charge in [0.15, 0.2) is 0 Å². The minimum Gasteiger partial charge on any atom is -0.376 e. The van der Waals surface area contributed by atoms with Crippen LogP contribution in [0.4, 0.5) is 0 Å². The Morgan fingerprint density at radius 3 is 2.94 bits per heavy atom. The van der Waals surface area contributed by atoms with Gasteiger partial charge in [0, 0.05) is 5.56 Å². The quantitative estimate of drug-likeness (QED) is 0.806. The van der Waals surface area contributed by atoms with Gasteiger partial charge < -0.3 is 10.1 Å². The van der Waals surface area contributed by atoms with Crippen molar-refractivity contribution in [1.29, 1.82) is 0 Å². The zero-order valence-electron chi connectivity index (χ0n) is 9.76. The van der Waals surface area contributed by atoms with Gasteiger partial charge >= 0.3 is 0 Å². The van der Waals surface area contributed by atoms with E-state index in [0.717, 1.165) is 12.8 Å². The summed E-state index contributed by atoms with van der Waals surface area (Å²) >= 11 is 0. The molecule has 1 fully saturated rings. The smallest absolute Gasteiger partial charge is 0.251 e. The first-order valence-electron chi connectivity index (χ1n) is 5.88. The molecule has 0 aromatic heterocycles. The van der Waals surface area contributed by atoms with Crippen molar-refractivity contribution in [3.8, 4) is 0 Å². The van der Waals surface area contributed by atoms with Crippen molar-refractivity contribution < 1.29 is 9.53 Å². The van der Waals surface area contributed by atoms with Gasteiger partial charge in [0.05, 0.1) is 18.8 Å². The zero-order chi connectivity index (χ0) is 12.1. The average molecular weight is 231 g/mol. The van der Waals surface area contributed by atoms with Gasteiger partial charge in [-0.25, -0.2) is 0 Å². The maximum Gasteiger partial charge on any atom is 0.251 e. The summed E-state index contributed by atoms with van der Waals surface area (Å²) in [6, 6.07) is 9.36. The van der Waals surface area contributed by atoms with Crippen molar-refractivity contribution in [2.75, 3.05) is 6.61 Å². The van der Waals surface area contributed by atoms with Crippen LogP contribution >= 0.6 is 0 Å². The van der Waals surface area contributed by atoms with Crippen LogP contribution in [0.1, 0.15) is 23.2 Å². The number of rotatable bonds is 4. The van der Waals surface area contributed by atoms with Crippen LogP contribution in [0.3, 0.4) is 0 Å². The number of hydrogen-bond donors (Lipinski definition) is 1. The lowest BCUT2D eigenvalue weighted by molar-refractivity contribution is 0.0912. The van der Waals surface area contributed by atoms with Crippen molar-refractivity contribution in [1.82, 2.24) is 5.32 Å². The minimum absolute atomic E-state index is 0.0292. The van der Waals surface area contributed by atoms with Crippen LogP contribution in [0.25, 0.3) is 0 Å². The molecular formula is C14H17NO2. The lowest BCUT2D eigenvalue weighted by Crippen LogP contribution is -2.35. The molecule has 1 aliphatic rings. The largest absolute Gasteiger partial charge is 0.376 e. The number of carbonyl (C=O) groups is 1. The van der Waals surface area contributed by atoms with Gasteiger partial charge in [0.2, 0.25) is 0 Å². The second-order valence-electron chi connectivity index (χ2n) is 4.25. The first-order valence-corrected chi connectivity index (χ1v) is 5.88. The summed E-state index contributed by atoms with van der Waals surface area (Å²) in [7, 11) is 0. The van der Waals surface area contributed by atoms with Gasteiger partial charge in [0.1, 0.15) is 0 Å². The van der Waals surface area contributed by atoms with E-state index in [1.807, 2.05) is 36.4 Å². The minimum atomic E-state index is -0.0292. The molecule has 1 heterocycles. The third-order valence-electron chi connectivity index (χ3n) is 2.88. The Bertz CT molecular complexity index is 388. The van der Waals surface area contributed by atoms with E-state index in [9.17, 15) is 4.79 Å². The summed E-state index contributed by atoms with van der Waals surface area (Å²) < 4.78 is 5.56. The Hall–Kier alpha value is -1.61. The highest BCUT2D eigenvalue weighted by Gasteiger charge is 2.25. The Morgan fingerprint density at radius 2 is 2.24 bits per heavy atom. The Kier molecular flexibility index (Phi) is 3.94. The molecule has 1 amide bonds. The van der Waals surface area contributed by atoms with E-state index in [2.05, 4.69) is 11.9 Å². The topological polar surface area (TPSA) is 38.3 Å². The van der Waals surface area contributed by atoms with E-state index in [1.165, 1.54) is 0 Å². The lowest BCUT2D eigenvalue weighted by Gasteiger charge is -2.10. The summed E-state index contributed by atoms with van der Waals surface area (Å²) in [5, 5.41) is 2.99. The third-order valence-corrected chi connectivity index (χ3v) is 2.88. The molecule has 3 nitrogen and oxygen atoms in total. The molecule has 2 rings (SSSR count). The fourth-order valence-electron chi connectivity index (χ4n) is 2.01. The summed E-state index contributed by atoms with van der Waals surface area (Å²) in [6.45, 7) is 4.28. The van der Waals surface area contributed by atoms with E-state index >= 15 is 0 Å². The van der Waals surface area contributed by atoms with Crippen LogP contribution in [0.2, 0.25) is 0 Å². The maximum atomic E-state index is 11.9. The van der Waals surface area contributed by atoms with Gasteiger partial charge in [-0.3, -0.25) is 4.79 Å². The van der Waals surface area contributed by atoms with E-state index in [0.29, 0.717) is 12.2 Å². The van der Waals surface area contributed by atoms with Gasteiger partial charge in [-0.15, -0.1) is 6.58 Å². The molecule has 1 aromatic rings. The van der Waals surface area contributed by atoms with Crippen LogP contribution in [0.15, 0.2) is 43.0 Å². The SMILES string of the molecule is C=CC[C@@H]1C[C@H](NC(=O)c2ccccc2)CO1.